The molecule has 0 aromatic rings. The minimum absolute atomic E-state index is 0.0221. The Morgan fingerprint density at radius 1 is 1.25 bits per heavy atom. The smallest absolute Gasteiger partial charge is 0.157 e. The first-order valence-corrected chi connectivity index (χ1v) is 7.96. The van der Waals surface area contributed by atoms with Crippen molar-refractivity contribution in [1.82, 2.24) is 0 Å². The Labute approximate surface area is 98.5 Å². The number of sulfone groups is 1. The predicted molar refractivity (Wildman–Crippen MR) is 65.1 cm³/mol. The van der Waals surface area contributed by atoms with E-state index in [1.54, 1.807) is 0 Å². The summed E-state index contributed by atoms with van der Waals surface area (Å²) < 4.78 is 23.4. The van der Waals surface area contributed by atoms with Gasteiger partial charge in [-0.2, -0.15) is 0 Å². The van der Waals surface area contributed by atoms with Gasteiger partial charge in [-0.3, -0.25) is 4.79 Å². The first-order valence-electron chi connectivity index (χ1n) is 6.14. The van der Waals surface area contributed by atoms with Gasteiger partial charge >= 0.3 is 0 Å². The van der Waals surface area contributed by atoms with Crippen LogP contribution >= 0.6 is 0 Å². The van der Waals surface area contributed by atoms with E-state index in [0.717, 1.165) is 25.7 Å². The highest BCUT2D eigenvalue weighted by Gasteiger charge is 2.26. The molecule has 3 nitrogen and oxygen atoms in total. The molecular formula is C12H22O3S. The van der Waals surface area contributed by atoms with E-state index in [9.17, 15) is 13.2 Å². The summed E-state index contributed by atoms with van der Waals surface area (Å²) >= 11 is 0. The molecule has 94 valence electrons. The van der Waals surface area contributed by atoms with Crippen LogP contribution in [0, 0.1) is 11.8 Å². The molecule has 1 saturated carbocycles. The third-order valence-electron chi connectivity index (χ3n) is 3.18. The fourth-order valence-corrected chi connectivity index (χ4v) is 3.71. The molecule has 4 heteroatoms. The fourth-order valence-electron chi connectivity index (χ4n) is 2.07. The maximum atomic E-state index is 11.7. The van der Waals surface area contributed by atoms with E-state index < -0.39 is 9.84 Å². The lowest BCUT2D eigenvalue weighted by Crippen LogP contribution is -2.24. The summed E-state index contributed by atoms with van der Waals surface area (Å²) in [5.74, 6) is 0.263. The summed E-state index contributed by atoms with van der Waals surface area (Å²) in [7, 11) is -3.16. The largest absolute Gasteiger partial charge is 0.298 e. The minimum atomic E-state index is -3.16. The average Bonchev–Trinajstić information content (AvgIpc) is 2.67. The molecule has 0 spiro atoms. The summed E-state index contributed by atoms with van der Waals surface area (Å²) in [6.07, 6.45) is 4.57. The summed E-state index contributed by atoms with van der Waals surface area (Å²) in [5.41, 5.74) is 0. The molecule has 0 aromatic heterocycles. The molecule has 1 aliphatic carbocycles. The van der Waals surface area contributed by atoms with Crippen LogP contribution < -0.4 is 0 Å². The Morgan fingerprint density at radius 2 is 1.81 bits per heavy atom. The van der Waals surface area contributed by atoms with Crippen molar-refractivity contribution < 1.29 is 13.2 Å². The minimum Gasteiger partial charge on any atom is -0.298 e. The number of carbonyl (C=O) groups is 1. The number of ketones is 1. The lowest BCUT2D eigenvalue weighted by molar-refractivity contribution is -0.120. The SMILES string of the molecule is CC(C)CCS(=O)(=O)CC(=O)C1CCCC1. The summed E-state index contributed by atoms with van der Waals surface area (Å²) in [5, 5.41) is 0. The van der Waals surface area contributed by atoms with Crippen LogP contribution in [0.3, 0.4) is 0 Å². The van der Waals surface area contributed by atoms with Gasteiger partial charge < -0.3 is 0 Å². The second kappa shape index (κ2) is 5.80. The van der Waals surface area contributed by atoms with Crippen molar-refractivity contribution in [2.24, 2.45) is 11.8 Å². The van der Waals surface area contributed by atoms with E-state index in [-0.39, 0.29) is 23.2 Å². The van der Waals surface area contributed by atoms with Crippen molar-refractivity contribution in [2.75, 3.05) is 11.5 Å². The highest BCUT2D eigenvalue weighted by Crippen LogP contribution is 2.25. The number of hydrogen-bond donors (Lipinski definition) is 0. The summed E-state index contributed by atoms with van der Waals surface area (Å²) in [6, 6.07) is 0. The molecule has 1 fully saturated rings. The van der Waals surface area contributed by atoms with E-state index in [4.69, 9.17) is 0 Å². The van der Waals surface area contributed by atoms with Gasteiger partial charge in [0.2, 0.25) is 0 Å². The van der Waals surface area contributed by atoms with Gasteiger partial charge in [-0.05, 0) is 25.2 Å². The zero-order valence-corrected chi connectivity index (χ0v) is 11.1. The highest BCUT2D eigenvalue weighted by molar-refractivity contribution is 7.92. The maximum absolute atomic E-state index is 11.7. The second-order valence-electron chi connectivity index (χ2n) is 5.22. The molecule has 0 atom stereocenters. The van der Waals surface area contributed by atoms with Crippen molar-refractivity contribution in [2.45, 2.75) is 46.0 Å². The normalized spacial score (nSPS) is 18.2. The number of rotatable bonds is 6. The molecule has 16 heavy (non-hydrogen) atoms. The molecule has 1 aliphatic rings. The summed E-state index contributed by atoms with van der Waals surface area (Å²) in [6.45, 7) is 3.99. The monoisotopic (exact) mass is 246 g/mol. The molecule has 0 unspecified atom stereocenters. The molecule has 0 heterocycles. The lowest BCUT2D eigenvalue weighted by atomic mass is 10.0. The maximum Gasteiger partial charge on any atom is 0.157 e. The third kappa shape index (κ3) is 4.64. The Morgan fingerprint density at radius 3 is 2.31 bits per heavy atom. The van der Waals surface area contributed by atoms with Crippen molar-refractivity contribution in [3.05, 3.63) is 0 Å². The number of Topliss-reactive ketones (excluding diaryl/α,β-unsaturated/α-hetero) is 1. The fraction of sp³-hybridized carbons (Fsp3) is 0.917. The van der Waals surface area contributed by atoms with Crippen LogP contribution in [0.2, 0.25) is 0 Å². The molecule has 0 amide bonds. The standard InChI is InChI=1S/C12H22O3S/c1-10(2)7-8-16(14,15)9-12(13)11-5-3-4-6-11/h10-11H,3-9H2,1-2H3. The van der Waals surface area contributed by atoms with Gasteiger partial charge in [0.1, 0.15) is 5.75 Å². The van der Waals surface area contributed by atoms with Crippen LogP contribution in [0.15, 0.2) is 0 Å². The third-order valence-corrected chi connectivity index (χ3v) is 4.76. The Balaban J connectivity index is 2.42. The van der Waals surface area contributed by atoms with E-state index in [0.29, 0.717) is 12.3 Å². The van der Waals surface area contributed by atoms with Crippen LogP contribution in [0.5, 0.6) is 0 Å². The van der Waals surface area contributed by atoms with Gasteiger partial charge in [0.25, 0.3) is 0 Å². The number of hydrogen-bond acceptors (Lipinski definition) is 3. The van der Waals surface area contributed by atoms with Gasteiger partial charge in [-0.15, -0.1) is 0 Å². The van der Waals surface area contributed by atoms with Gasteiger partial charge in [-0.1, -0.05) is 26.7 Å². The topological polar surface area (TPSA) is 51.2 Å². The Kier molecular flexibility index (Phi) is 4.96. The molecule has 0 N–H and O–H groups in total. The van der Waals surface area contributed by atoms with E-state index >= 15 is 0 Å². The van der Waals surface area contributed by atoms with Crippen molar-refractivity contribution >= 4 is 15.6 Å². The quantitative estimate of drug-likeness (QED) is 0.722. The second-order valence-corrected chi connectivity index (χ2v) is 7.41. The van der Waals surface area contributed by atoms with Gasteiger partial charge in [0.05, 0.1) is 5.75 Å². The summed E-state index contributed by atoms with van der Waals surface area (Å²) in [4.78, 5) is 11.7. The molecule has 0 aromatic carbocycles. The molecule has 0 aliphatic heterocycles. The van der Waals surface area contributed by atoms with Gasteiger partial charge in [-0.25, -0.2) is 8.42 Å². The molecule has 0 saturated heterocycles. The zero-order valence-electron chi connectivity index (χ0n) is 10.2. The Hall–Kier alpha value is -0.380. The van der Waals surface area contributed by atoms with Crippen LogP contribution in [0.25, 0.3) is 0 Å². The van der Waals surface area contributed by atoms with Crippen LogP contribution in [-0.4, -0.2) is 25.7 Å². The molecule has 1 rings (SSSR count). The average molecular weight is 246 g/mol. The van der Waals surface area contributed by atoms with Crippen molar-refractivity contribution in [1.29, 1.82) is 0 Å². The van der Waals surface area contributed by atoms with Crippen molar-refractivity contribution in [3.8, 4) is 0 Å². The zero-order chi connectivity index (χ0) is 12.2. The van der Waals surface area contributed by atoms with Crippen LogP contribution in [0.1, 0.15) is 46.0 Å². The molecular weight excluding hydrogens is 224 g/mol. The Bertz CT molecular complexity index is 324. The number of carbonyl (C=O) groups excluding carboxylic acids is 1. The van der Waals surface area contributed by atoms with E-state index in [1.165, 1.54) is 0 Å². The van der Waals surface area contributed by atoms with Gasteiger partial charge in [0.15, 0.2) is 15.6 Å². The molecule has 0 radical (unpaired) electrons. The van der Waals surface area contributed by atoms with Crippen molar-refractivity contribution in [3.63, 3.8) is 0 Å². The van der Waals surface area contributed by atoms with E-state index in [1.807, 2.05) is 13.8 Å². The van der Waals surface area contributed by atoms with Gasteiger partial charge in [0, 0.05) is 5.92 Å². The first-order chi connectivity index (χ1) is 7.41. The van der Waals surface area contributed by atoms with Crippen LogP contribution in [-0.2, 0) is 14.6 Å². The lowest BCUT2D eigenvalue weighted by Gasteiger charge is -2.09. The van der Waals surface area contributed by atoms with E-state index in [2.05, 4.69) is 0 Å². The van der Waals surface area contributed by atoms with Crippen LogP contribution in [0.4, 0.5) is 0 Å². The molecule has 0 bridgehead atoms. The predicted octanol–water partition coefficient (Wildman–Crippen LogP) is 2.21. The highest BCUT2D eigenvalue weighted by atomic mass is 32.2. The first kappa shape index (κ1) is 13.7.